The maximum Gasteiger partial charge on any atom is 0.274 e. The number of carbonyl (C=O) groups is 1. The fourth-order valence-electron chi connectivity index (χ4n) is 4.46. The highest BCUT2D eigenvalue weighted by Gasteiger charge is 2.23. The smallest absolute Gasteiger partial charge is 0.274 e. The van der Waals surface area contributed by atoms with Crippen LogP contribution in [-0.4, -0.2) is 41.6 Å². The number of anilines is 3. The number of piperidine rings is 2. The van der Waals surface area contributed by atoms with Crippen molar-refractivity contribution in [1.29, 1.82) is 0 Å². The van der Waals surface area contributed by atoms with Gasteiger partial charge in [-0.2, -0.15) is 0 Å². The molecule has 154 valence electrons. The molecule has 2 aromatic rings. The van der Waals surface area contributed by atoms with Crippen LogP contribution < -0.4 is 15.1 Å². The Balaban J connectivity index is 1.43. The summed E-state index contributed by atoms with van der Waals surface area (Å²) >= 11 is 0. The zero-order valence-electron chi connectivity index (χ0n) is 17.3. The molecule has 3 heterocycles. The lowest BCUT2D eigenvalue weighted by Gasteiger charge is -2.36. The van der Waals surface area contributed by atoms with Crippen LogP contribution in [0.2, 0.25) is 0 Å². The lowest BCUT2D eigenvalue weighted by molar-refractivity contribution is 0.102. The van der Waals surface area contributed by atoms with Crippen molar-refractivity contribution in [3.05, 3.63) is 42.4 Å². The second-order valence-electron chi connectivity index (χ2n) is 8.06. The summed E-state index contributed by atoms with van der Waals surface area (Å²) in [5, 5.41) is 2.98. The molecule has 1 N–H and O–H groups in total. The van der Waals surface area contributed by atoms with E-state index >= 15 is 0 Å². The molecular formula is C23H31N5O. The molecule has 0 bridgehead atoms. The first kappa shape index (κ1) is 19.7. The lowest BCUT2D eigenvalue weighted by Crippen LogP contribution is -2.39. The first-order valence-corrected chi connectivity index (χ1v) is 11.0. The highest BCUT2D eigenvalue weighted by molar-refractivity contribution is 6.03. The molecule has 1 amide bonds. The average Bonchev–Trinajstić information content (AvgIpc) is 2.80. The summed E-state index contributed by atoms with van der Waals surface area (Å²) in [5.74, 6) is 0.668. The Bertz CT molecular complexity index is 816. The fraction of sp³-hybridized carbons (Fsp3) is 0.522. The van der Waals surface area contributed by atoms with Gasteiger partial charge < -0.3 is 15.1 Å². The summed E-state index contributed by atoms with van der Waals surface area (Å²) in [5.41, 5.74) is 2.43. The normalized spacial score (nSPS) is 19.8. The Hall–Kier alpha value is -2.63. The van der Waals surface area contributed by atoms with Gasteiger partial charge in [0.1, 0.15) is 17.8 Å². The van der Waals surface area contributed by atoms with E-state index in [9.17, 15) is 4.79 Å². The quantitative estimate of drug-likeness (QED) is 0.811. The minimum atomic E-state index is -0.190. The van der Waals surface area contributed by atoms with Gasteiger partial charge in [0, 0.05) is 43.1 Å². The SMILES string of the molecule is CCC1CCCCN1c1cc(C(=O)Nc2ccc(N3CCCCC3)cc2)ncn1. The maximum atomic E-state index is 12.8. The van der Waals surface area contributed by atoms with Gasteiger partial charge in [0.25, 0.3) is 5.91 Å². The number of hydrogen-bond donors (Lipinski definition) is 1. The van der Waals surface area contributed by atoms with Crippen molar-refractivity contribution in [2.75, 3.05) is 34.8 Å². The molecule has 1 aromatic carbocycles. The molecule has 6 nitrogen and oxygen atoms in total. The van der Waals surface area contributed by atoms with Gasteiger partial charge in [-0.3, -0.25) is 4.79 Å². The van der Waals surface area contributed by atoms with E-state index in [1.54, 1.807) is 0 Å². The van der Waals surface area contributed by atoms with Crippen molar-refractivity contribution in [2.45, 2.75) is 57.9 Å². The Labute approximate surface area is 173 Å². The Morgan fingerprint density at radius 3 is 2.55 bits per heavy atom. The minimum absolute atomic E-state index is 0.190. The van der Waals surface area contributed by atoms with Crippen LogP contribution in [0.5, 0.6) is 0 Å². The van der Waals surface area contributed by atoms with Crippen LogP contribution in [0, 0.1) is 0 Å². The van der Waals surface area contributed by atoms with Crippen LogP contribution in [0.25, 0.3) is 0 Å². The van der Waals surface area contributed by atoms with Crippen molar-refractivity contribution >= 4 is 23.1 Å². The van der Waals surface area contributed by atoms with Crippen LogP contribution >= 0.6 is 0 Å². The average molecular weight is 394 g/mol. The minimum Gasteiger partial charge on any atom is -0.372 e. The van der Waals surface area contributed by atoms with Crippen molar-refractivity contribution in [1.82, 2.24) is 9.97 Å². The monoisotopic (exact) mass is 393 g/mol. The predicted octanol–water partition coefficient (Wildman–Crippen LogP) is 4.49. The molecule has 2 aliphatic heterocycles. The summed E-state index contributed by atoms with van der Waals surface area (Å²) < 4.78 is 0. The largest absolute Gasteiger partial charge is 0.372 e. The van der Waals surface area contributed by atoms with E-state index in [0.29, 0.717) is 11.7 Å². The third-order valence-electron chi connectivity index (χ3n) is 6.12. The maximum absolute atomic E-state index is 12.8. The molecule has 0 aliphatic carbocycles. The Morgan fingerprint density at radius 2 is 1.79 bits per heavy atom. The molecule has 2 fully saturated rings. The van der Waals surface area contributed by atoms with E-state index in [2.05, 4.69) is 44.1 Å². The first-order valence-electron chi connectivity index (χ1n) is 11.0. The molecule has 0 saturated carbocycles. The van der Waals surface area contributed by atoms with Crippen molar-refractivity contribution < 1.29 is 4.79 Å². The van der Waals surface area contributed by atoms with E-state index in [4.69, 9.17) is 0 Å². The number of nitrogens with zero attached hydrogens (tertiary/aromatic N) is 4. The molecule has 1 unspecified atom stereocenters. The van der Waals surface area contributed by atoms with E-state index in [1.807, 2.05) is 18.2 Å². The molecule has 2 aliphatic rings. The highest BCUT2D eigenvalue weighted by Crippen LogP contribution is 2.25. The van der Waals surface area contributed by atoms with Gasteiger partial charge >= 0.3 is 0 Å². The molecule has 4 rings (SSSR count). The van der Waals surface area contributed by atoms with Gasteiger partial charge in [0.15, 0.2) is 0 Å². The van der Waals surface area contributed by atoms with Crippen LogP contribution in [0.15, 0.2) is 36.7 Å². The standard InChI is InChI=1S/C23H31N5O/c1-2-19-8-4-7-15-28(19)22-16-21(24-17-25-22)23(29)26-18-9-11-20(12-10-18)27-13-5-3-6-14-27/h9-12,16-17,19H,2-8,13-15H2,1H3,(H,26,29). The van der Waals surface area contributed by atoms with Crippen molar-refractivity contribution in [3.63, 3.8) is 0 Å². The topological polar surface area (TPSA) is 61.4 Å². The number of benzene rings is 1. The van der Waals surface area contributed by atoms with E-state index in [1.165, 1.54) is 50.5 Å². The number of nitrogens with one attached hydrogen (secondary N) is 1. The molecule has 2 saturated heterocycles. The third kappa shape index (κ3) is 4.69. The molecule has 29 heavy (non-hydrogen) atoms. The van der Waals surface area contributed by atoms with Gasteiger partial charge in [0.05, 0.1) is 0 Å². The number of amides is 1. The zero-order chi connectivity index (χ0) is 20.1. The van der Waals surface area contributed by atoms with E-state index < -0.39 is 0 Å². The molecule has 1 aromatic heterocycles. The van der Waals surface area contributed by atoms with Crippen LogP contribution in [0.3, 0.4) is 0 Å². The van der Waals surface area contributed by atoms with Crippen molar-refractivity contribution in [3.8, 4) is 0 Å². The fourth-order valence-corrected chi connectivity index (χ4v) is 4.46. The van der Waals surface area contributed by atoms with Gasteiger partial charge in [0.2, 0.25) is 0 Å². The predicted molar refractivity (Wildman–Crippen MR) is 118 cm³/mol. The summed E-state index contributed by atoms with van der Waals surface area (Å²) in [7, 11) is 0. The second-order valence-corrected chi connectivity index (χ2v) is 8.06. The molecular weight excluding hydrogens is 362 g/mol. The first-order chi connectivity index (χ1) is 14.2. The lowest BCUT2D eigenvalue weighted by atomic mass is 10.00. The van der Waals surface area contributed by atoms with Crippen molar-refractivity contribution in [2.24, 2.45) is 0 Å². The summed E-state index contributed by atoms with van der Waals surface area (Å²) in [4.78, 5) is 26.2. The summed E-state index contributed by atoms with van der Waals surface area (Å²) in [6.07, 6.45) is 10.1. The van der Waals surface area contributed by atoms with E-state index in [-0.39, 0.29) is 5.91 Å². The van der Waals surface area contributed by atoms with E-state index in [0.717, 1.165) is 37.6 Å². The Kier molecular flexibility index (Phi) is 6.27. The number of aromatic nitrogens is 2. The van der Waals surface area contributed by atoms with Gasteiger partial charge in [-0.05, 0) is 69.2 Å². The summed E-state index contributed by atoms with van der Waals surface area (Å²) in [6, 6.07) is 10.4. The molecule has 0 radical (unpaired) electrons. The number of rotatable bonds is 5. The van der Waals surface area contributed by atoms with Gasteiger partial charge in [-0.15, -0.1) is 0 Å². The molecule has 0 spiro atoms. The molecule has 1 atom stereocenters. The molecule has 6 heteroatoms. The summed E-state index contributed by atoms with van der Waals surface area (Å²) in [6.45, 7) is 5.44. The number of hydrogen-bond acceptors (Lipinski definition) is 5. The van der Waals surface area contributed by atoms with Crippen LogP contribution in [-0.2, 0) is 0 Å². The van der Waals surface area contributed by atoms with Gasteiger partial charge in [-0.1, -0.05) is 6.92 Å². The van der Waals surface area contributed by atoms with Crippen LogP contribution in [0.1, 0.15) is 62.4 Å². The number of carbonyl (C=O) groups excluding carboxylic acids is 1. The van der Waals surface area contributed by atoms with Gasteiger partial charge in [-0.25, -0.2) is 9.97 Å². The third-order valence-corrected chi connectivity index (χ3v) is 6.12. The highest BCUT2D eigenvalue weighted by atomic mass is 16.1. The Morgan fingerprint density at radius 1 is 1.03 bits per heavy atom. The van der Waals surface area contributed by atoms with Crippen LogP contribution in [0.4, 0.5) is 17.2 Å². The zero-order valence-corrected chi connectivity index (χ0v) is 17.3. The second kappa shape index (κ2) is 9.25.